The van der Waals surface area contributed by atoms with Gasteiger partial charge in [0.05, 0.1) is 5.69 Å². The number of amides is 1. The van der Waals surface area contributed by atoms with E-state index in [1.165, 1.54) is 17.4 Å². The molecule has 0 spiro atoms. The van der Waals surface area contributed by atoms with Crippen molar-refractivity contribution in [3.8, 4) is 11.3 Å². The molecule has 0 atom stereocenters. The van der Waals surface area contributed by atoms with E-state index in [2.05, 4.69) is 20.6 Å². The Morgan fingerprint density at radius 3 is 2.72 bits per heavy atom. The lowest BCUT2D eigenvalue weighted by Crippen LogP contribution is -2.29. The summed E-state index contributed by atoms with van der Waals surface area (Å²) in [6.45, 7) is 3.76. The number of benzene rings is 1. The number of anilines is 1. The van der Waals surface area contributed by atoms with Gasteiger partial charge in [-0.3, -0.25) is 14.9 Å². The molecular weight excluding hydrogens is 338 g/mol. The normalized spacial score (nSPS) is 10.6. The van der Waals surface area contributed by atoms with Crippen LogP contribution in [0.4, 0.5) is 5.13 Å². The number of aromatic nitrogens is 4. The largest absolute Gasteiger partial charge is 0.299 e. The van der Waals surface area contributed by atoms with Crippen LogP contribution in [0.5, 0.6) is 0 Å². The highest BCUT2D eigenvalue weighted by atomic mass is 32.1. The molecule has 7 nitrogen and oxygen atoms in total. The molecule has 25 heavy (non-hydrogen) atoms. The molecule has 0 aliphatic heterocycles. The van der Waals surface area contributed by atoms with Gasteiger partial charge in [0.2, 0.25) is 11.0 Å². The van der Waals surface area contributed by atoms with Crippen LogP contribution in [0.25, 0.3) is 11.3 Å². The van der Waals surface area contributed by atoms with Crippen molar-refractivity contribution in [1.82, 2.24) is 20.0 Å². The van der Waals surface area contributed by atoms with Gasteiger partial charge in [-0.1, -0.05) is 42.5 Å². The number of carbonyl (C=O) groups excluding carboxylic acids is 1. The van der Waals surface area contributed by atoms with Gasteiger partial charge in [-0.2, -0.15) is 5.10 Å². The number of carbonyl (C=O) groups is 1. The van der Waals surface area contributed by atoms with Gasteiger partial charge in [-0.25, -0.2) is 4.68 Å². The molecule has 0 saturated heterocycles. The molecule has 1 amide bonds. The predicted molar refractivity (Wildman–Crippen MR) is 96.6 cm³/mol. The highest BCUT2D eigenvalue weighted by molar-refractivity contribution is 7.15. The third-order valence-electron chi connectivity index (χ3n) is 3.60. The lowest BCUT2D eigenvalue weighted by atomic mass is 10.1. The van der Waals surface area contributed by atoms with Gasteiger partial charge in [-0.05, 0) is 25.0 Å². The maximum atomic E-state index is 12.2. The van der Waals surface area contributed by atoms with Crippen LogP contribution in [-0.4, -0.2) is 25.9 Å². The molecule has 0 bridgehead atoms. The van der Waals surface area contributed by atoms with E-state index in [0.717, 1.165) is 27.2 Å². The fourth-order valence-electron chi connectivity index (χ4n) is 2.31. The molecule has 0 radical (unpaired) electrons. The van der Waals surface area contributed by atoms with Crippen molar-refractivity contribution in [2.75, 3.05) is 5.32 Å². The van der Waals surface area contributed by atoms with Gasteiger partial charge in [0.15, 0.2) is 0 Å². The van der Waals surface area contributed by atoms with Crippen LogP contribution < -0.4 is 10.9 Å². The van der Waals surface area contributed by atoms with Gasteiger partial charge in [-0.15, -0.1) is 10.2 Å². The third-order valence-corrected chi connectivity index (χ3v) is 4.58. The van der Waals surface area contributed by atoms with E-state index in [4.69, 9.17) is 0 Å². The molecule has 1 N–H and O–H groups in total. The Bertz CT molecular complexity index is 963. The molecule has 0 unspecified atom stereocenters. The average Bonchev–Trinajstić information content (AvgIpc) is 3.05. The van der Waals surface area contributed by atoms with Crippen LogP contribution >= 0.6 is 11.3 Å². The number of hydrogen-bond acceptors (Lipinski definition) is 6. The Labute approximate surface area is 148 Å². The second-order valence-electron chi connectivity index (χ2n) is 5.43. The molecule has 2 aromatic heterocycles. The Morgan fingerprint density at radius 1 is 1.20 bits per heavy atom. The molecule has 0 aliphatic carbocycles. The van der Waals surface area contributed by atoms with Gasteiger partial charge in [0, 0.05) is 11.6 Å². The lowest BCUT2D eigenvalue weighted by Gasteiger charge is -2.08. The first-order chi connectivity index (χ1) is 12.1. The van der Waals surface area contributed by atoms with Crippen molar-refractivity contribution >= 4 is 22.4 Å². The van der Waals surface area contributed by atoms with E-state index in [-0.39, 0.29) is 18.0 Å². The van der Waals surface area contributed by atoms with Gasteiger partial charge in [0.25, 0.3) is 5.56 Å². The summed E-state index contributed by atoms with van der Waals surface area (Å²) in [5.74, 6) is -0.365. The van der Waals surface area contributed by atoms with Gasteiger partial charge >= 0.3 is 0 Å². The maximum absolute atomic E-state index is 12.2. The first kappa shape index (κ1) is 17.0. The SMILES string of the molecule is CCc1nnc(NC(=O)Cn2nc(-c3ccccc3C)ccc2=O)s1. The summed E-state index contributed by atoms with van der Waals surface area (Å²) < 4.78 is 1.15. The molecule has 1 aromatic carbocycles. The first-order valence-electron chi connectivity index (χ1n) is 7.83. The van der Waals surface area contributed by atoms with Crippen LogP contribution in [0, 0.1) is 6.92 Å². The van der Waals surface area contributed by atoms with Crippen molar-refractivity contribution in [3.63, 3.8) is 0 Å². The van der Waals surface area contributed by atoms with Crippen LogP contribution in [0.1, 0.15) is 17.5 Å². The Balaban J connectivity index is 1.80. The summed E-state index contributed by atoms with van der Waals surface area (Å²) in [6, 6.07) is 10.8. The Kier molecular flexibility index (Phi) is 4.99. The second kappa shape index (κ2) is 7.35. The number of hydrogen-bond donors (Lipinski definition) is 1. The van der Waals surface area contributed by atoms with Crippen molar-refractivity contribution in [2.24, 2.45) is 0 Å². The summed E-state index contributed by atoms with van der Waals surface area (Å²) in [4.78, 5) is 24.2. The predicted octanol–water partition coefficient (Wildman–Crippen LogP) is 2.27. The number of aryl methyl sites for hydroxylation is 2. The van der Waals surface area contributed by atoms with Gasteiger partial charge < -0.3 is 0 Å². The van der Waals surface area contributed by atoms with E-state index in [0.29, 0.717) is 10.8 Å². The van der Waals surface area contributed by atoms with Crippen LogP contribution in [0.3, 0.4) is 0 Å². The van der Waals surface area contributed by atoms with Crippen LogP contribution in [0.2, 0.25) is 0 Å². The molecule has 2 heterocycles. The smallest absolute Gasteiger partial charge is 0.267 e. The number of rotatable bonds is 5. The quantitative estimate of drug-likeness (QED) is 0.758. The van der Waals surface area contributed by atoms with Crippen molar-refractivity contribution in [2.45, 2.75) is 26.8 Å². The zero-order chi connectivity index (χ0) is 17.8. The highest BCUT2D eigenvalue weighted by Gasteiger charge is 2.11. The summed E-state index contributed by atoms with van der Waals surface area (Å²) in [5.41, 5.74) is 2.28. The van der Waals surface area contributed by atoms with Crippen molar-refractivity contribution in [3.05, 3.63) is 57.3 Å². The minimum absolute atomic E-state index is 0.181. The van der Waals surface area contributed by atoms with E-state index in [9.17, 15) is 9.59 Å². The van der Waals surface area contributed by atoms with E-state index in [1.54, 1.807) is 6.07 Å². The molecular formula is C17H17N5O2S. The monoisotopic (exact) mass is 355 g/mol. The van der Waals surface area contributed by atoms with E-state index in [1.807, 2.05) is 38.1 Å². The summed E-state index contributed by atoms with van der Waals surface area (Å²) in [7, 11) is 0. The zero-order valence-electron chi connectivity index (χ0n) is 13.9. The molecule has 3 rings (SSSR count). The molecule has 8 heteroatoms. The Morgan fingerprint density at radius 2 is 2.00 bits per heavy atom. The number of nitrogens with one attached hydrogen (secondary N) is 1. The minimum atomic E-state index is -0.365. The summed E-state index contributed by atoms with van der Waals surface area (Å²) in [6.07, 6.45) is 0.757. The average molecular weight is 355 g/mol. The Hall–Kier alpha value is -2.87. The molecule has 0 saturated carbocycles. The molecule has 3 aromatic rings. The maximum Gasteiger partial charge on any atom is 0.267 e. The summed E-state index contributed by atoms with van der Waals surface area (Å²) >= 11 is 1.32. The molecule has 0 aliphatic rings. The lowest BCUT2D eigenvalue weighted by molar-refractivity contribution is -0.117. The molecule has 0 fully saturated rings. The first-order valence-corrected chi connectivity index (χ1v) is 8.65. The highest BCUT2D eigenvalue weighted by Crippen LogP contribution is 2.19. The van der Waals surface area contributed by atoms with E-state index < -0.39 is 0 Å². The van der Waals surface area contributed by atoms with Crippen LogP contribution in [0.15, 0.2) is 41.2 Å². The topological polar surface area (TPSA) is 89.8 Å². The fraction of sp³-hybridized carbons (Fsp3) is 0.235. The third kappa shape index (κ3) is 3.97. The summed E-state index contributed by atoms with van der Waals surface area (Å²) in [5, 5.41) is 16.1. The van der Waals surface area contributed by atoms with Crippen molar-refractivity contribution in [1.29, 1.82) is 0 Å². The standard InChI is InChI=1S/C17H17N5O2S/c1-3-15-19-20-17(25-15)18-14(23)10-22-16(24)9-8-13(21-22)12-7-5-4-6-11(12)2/h4-9H,3,10H2,1-2H3,(H,18,20,23). The fourth-order valence-corrected chi connectivity index (χ4v) is 3.00. The second-order valence-corrected chi connectivity index (χ2v) is 6.49. The van der Waals surface area contributed by atoms with Crippen LogP contribution in [-0.2, 0) is 17.8 Å². The molecule has 128 valence electrons. The minimum Gasteiger partial charge on any atom is -0.299 e. The zero-order valence-corrected chi connectivity index (χ0v) is 14.7. The number of nitrogens with zero attached hydrogens (tertiary/aromatic N) is 4. The van der Waals surface area contributed by atoms with Gasteiger partial charge in [0.1, 0.15) is 11.6 Å². The van der Waals surface area contributed by atoms with E-state index >= 15 is 0 Å². The van der Waals surface area contributed by atoms with Crippen molar-refractivity contribution < 1.29 is 4.79 Å².